The van der Waals surface area contributed by atoms with Crippen molar-refractivity contribution in [2.24, 2.45) is 0 Å². The lowest BCUT2D eigenvalue weighted by atomic mass is 9.99. The van der Waals surface area contributed by atoms with E-state index in [0.717, 1.165) is 48.6 Å². The van der Waals surface area contributed by atoms with Gasteiger partial charge in [-0.05, 0) is 57.1 Å². The van der Waals surface area contributed by atoms with Gasteiger partial charge in [-0.2, -0.15) is 0 Å². The van der Waals surface area contributed by atoms with Crippen LogP contribution in [-0.2, 0) is 12.8 Å². The number of amides is 1. The first kappa shape index (κ1) is 15.9. The molecule has 2 aromatic heterocycles. The van der Waals surface area contributed by atoms with E-state index in [9.17, 15) is 4.79 Å². The minimum absolute atomic E-state index is 0.0691. The number of rotatable bonds is 2. The zero-order valence-corrected chi connectivity index (χ0v) is 15.0. The summed E-state index contributed by atoms with van der Waals surface area (Å²) in [5, 5.41) is 4.15. The molecule has 2 aliphatic rings. The molecular formula is C19H24N2O2S. The fourth-order valence-corrected chi connectivity index (χ4v) is 5.16. The highest BCUT2D eigenvalue weighted by Gasteiger charge is 2.33. The molecule has 1 atom stereocenters. The molecule has 0 N–H and O–H groups in total. The summed E-state index contributed by atoms with van der Waals surface area (Å²) in [5.74, 6) is 0.985. The third-order valence-corrected chi connectivity index (χ3v) is 6.43. The fourth-order valence-electron chi connectivity index (χ4n) is 3.95. The van der Waals surface area contributed by atoms with Gasteiger partial charge in [0.05, 0.1) is 10.9 Å². The van der Waals surface area contributed by atoms with E-state index < -0.39 is 0 Å². The van der Waals surface area contributed by atoms with Gasteiger partial charge in [-0.3, -0.25) is 4.79 Å². The molecule has 4 rings (SSSR count). The molecule has 2 aromatic rings. The monoisotopic (exact) mass is 344 g/mol. The molecule has 0 radical (unpaired) electrons. The Balaban J connectivity index is 1.57. The highest BCUT2D eigenvalue weighted by molar-refractivity contribution is 7.14. The molecule has 4 nitrogen and oxygen atoms in total. The van der Waals surface area contributed by atoms with E-state index >= 15 is 0 Å². The van der Waals surface area contributed by atoms with Crippen LogP contribution in [0.5, 0.6) is 0 Å². The second kappa shape index (κ2) is 6.71. The minimum atomic E-state index is 0.0691. The molecule has 3 heterocycles. The zero-order valence-electron chi connectivity index (χ0n) is 14.2. The number of aromatic nitrogens is 1. The molecule has 24 heavy (non-hydrogen) atoms. The number of hydrogen-bond donors (Lipinski definition) is 0. The maximum absolute atomic E-state index is 13.1. The molecule has 0 saturated carbocycles. The van der Waals surface area contributed by atoms with Crippen molar-refractivity contribution in [3.05, 3.63) is 38.9 Å². The smallest absolute Gasteiger partial charge is 0.264 e. The van der Waals surface area contributed by atoms with Gasteiger partial charge in [0.2, 0.25) is 0 Å². The summed E-state index contributed by atoms with van der Waals surface area (Å²) in [4.78, 5) is 17.4. The van der Waals surface area contributed by atoms with Crippen LogP contribution >= 0.6 is 11.3 Å². The number of thiophene rings is 1. The molecule has 1 aliphatic heterocycles. The topological polar surface area (TPSA) is 46.3 Å². The normalized spacial score (nSPS) is 21.4. The molecule has 1 fully saturated rings. The van der Waals surface area contributed by atoms with Gasteiger partial charge < -0.3 is 9.42 Å². The lowest BCUT2D eigenvalue weighted by Gasteiger charge is -2.22. The van der Waals surface area contributed by atoms with Crippen molar-refractivity contribution < 1.29 is 9.32 Å². The summed E-state index contributed by atoms with van der Waals surface area (Å²) in [7, 11) is 0. The number of hydrogen-bond acceptors (Lipinski definition) is 4. The van der Waals surface area contributed by atoms with Crippen molar-refractivity contribution in [1.29, 1.82) is 0 Å². The Bertz CT molecular complexity index is 708. The number of aryl methyl sites for hydroxylation is 3. The average Bonchev–Trinajstić information content (AvgIpc) is 3.26. The van der Waals surface area contributed by atoms with E-state index in [1.807, 2.05) is 17.9 Å². The lowest BCUT2D eigenvalue weighted by Crippen LogP contribution is -2.30. The van der Waals surface area contributed by atoms with Crippen LogP contribution in [0.3, 0.4) is 0 Å². The van der Waals surface area contributed by atoms with E-state index in [1.54, 1.807) is 11.3 Å². The van der Waals surface area contributed by atoms with Gasteiger partial charge in [0.25, 0.3) is 5.91 Å². The van der Waals surface area contributed by atoms with Crippen LogP contribution in [0.1, 0.15) is 76.1 Å². The Morgan fingerprint density at radius 3 is 2.83 bits per heavy atom. The van der Waals surface area contributed by atoms with Gasteiger partial charge in [0.15, 0.2) is 0 Å². The van der Waals surface area contributed by atoms with Gasteiger partial charge in [-0.15, -0.1) is 11.3 Å². The van der Waals surface area contributed by atoms with E-state index in [4.69, 9.17) is 4.52 Å². The Morgan fingerprint density at radius 2 is 2.04 bits per heavy atom. The molecule has 1 amide bonds. The summed E-state index contributed by atoms with van der Waals surface area (Å²) in [5.41, 5.74) is 2.31. The predicted molar refractivity (Wildman–Crippen MR) is 94.4 cm³/mol. The molecule has 1 aliphatic carbocycles. The second-order valence-corrected chi connectivity index (χ2v) is 8.13. The van der Waals surface area contributed by atoms with Crippen LogP contribution in [0, 0.1) is 6.92 Å². The maximum Gasteiger partial charge on any atom is 0.264 e. The van der Waals surface area contributed by atoms with Gasteiger partial charge in [-0.25, -0.2) is 0 Å². The SMILES string of the molecule is Cc1cc([C@@H]2CCCN2C(=O)c2cc3c(s2)CCCCCC3)no1. The number of nitrogens with zero attached hydrogens (tertiary/aromatic N) is 2. The highest BCUT2D eigenvalue weighted by atomic mass is 32.1. The first-order valence-corrected chi connectivity index (χ1v) is 9.90. The third kappa shape index (κ3) is 3.02. The van der Waals surface area contributed by atoms with Crippen molar-refractivity contribution in [3.63, 3.8) is 0 Å². The molecular weight excluding hydrogens is 320 g/mol. The van der Waals surface area contributed by atoms with E-state index in [1.165, 1.54) is 36.1 Å². The van der Waals surface area contributed by atoms with Crippen LogP contribution in [0.25, 0.3) is 0 Å². The average molecular weight is 344 g/mol. The Labute approximate surface area is 146 Å². The first-order chi connectivity index (χ1) is 11.7. The molecule has 5 heteroatoms. The van der Waals surface area contributed by atoms with Crippen molar-refractivity contribution in [2.75, 3.05) is 6.54 Å². The van der Waals surface area contributed by atoms with E-state index in [-0.39, 0.29) is 11.9 Å². The van der Waals surface area contributed by atoms with E-state index in [2.05, 4.69) is 11.2 Å². The molecule has 0 unspecified atom stereocenters. The predicted octanol–water partition coefficient (Wildman–Crippen LogP) is 4.68. The summed E-state index contributed by atoms with van der Waals surface area (Å²) >= 11 is 1.72. The summed E-state index contributed by atoms with van der Waals surface area (Å²) in [6.45, 7) is 2.72. The van der Waals surface area contributed by atoms with Gasteiger partial charge in [-0.1, -0.05) is 18.0 Å². The van der Waals surface area contributed by atoms with Crippen molar-refractivity contribution in [1.82, 2.24) is 10.1 Å². The Morgan fingerprint density at radius 1 is 1.21 bits per heavy atom. The van der Waals surface area contributed by atoms with Crippen LogP contribution in [0.15, 0.2) is 16.7 Å². The molecule has 0 spiro atoms. The zero-order chi connectivity index (χ0) is 16.5. The third-order valence-electron chi connectivity index (χ3n) is 5.21. The fraction of sp³-hybridized carbons (Fsp3) is 0.579. The lowest BCUT2D eigenvalue weighted by molar-refractivity contribution is 0.0735. The van der Waals surface area contributed by atoms with Gasteiger partial charge in [0.1, 0.15) is 11.5 Å². The summed E-state index contributed by atoms with van der Waals surface area (Å²) in [6.07, 6.45) is 9.42. The van der Waals surface area contributed by atoms with Crippen molar-refractivity contribution in [2.45, 2.75) is 64.3 Å². The molecule has 0 bridgehead atoms. The molecule has 0 aromatic carbocycles. The van der Waals surface area contributed by atoms with Crippen LogP contribution in [0.2, 0.25) is 0 Å². The largest absolute Gasteiger partial charge is 0.361 e. The maximum atomic E-state index is 13.1. The first-order valence-electron chi connectivity index (χ1n) is 9.08. The summed E-state index contributed by atoms with van der Waals surface area (Å²) < 4.78 is 5.22. The van der Waals surface area contributed by atoms with E-state index in [0.29, 0.717) is 0 Å². The quantitative estimate of drug-likeness (QED) is 0.794. The van der Waals surface area contributed by atoms with Crippen LogP contribution in [-0.4, -0.2) is 22.5 Å². The van der Waals surface area contributed by atoms with Crippen LogP contribution < -0.4 is 0 Å². The number of carbonyl (C=O) groups is 1. The number of carbonyl (C=O) groups excluding carboxylic acids is 1. The standard InChI is InChI=1S/C19H24N2O2S/c1-13-11-15(20-23-13)16-8-6-10-21(16)19(22)18-12-14-7-4-2-3-5-9-17(14)24-18/h11-12,16H,2-10H2,1H3/t16-/m0/s1. The number of fused-ring (bicyclic) bond motifs is 1. The van der Waals surface area contributed by atoms with Crippen molar-refractivity contribution >= 4 is 17.2 Å². The minimum Gasteiger partial charge on any atom is -0.361 e. The summed E-state index contributed by atoms with van der Waals surface area (Å²) in [6, 6.07) is 4.20. The Hall–Kier alpha value is -1.62. The van der Waals surface area contributed by atoms with Crippen LogP contribution in [0.4, 0.5) is 0 Å². The molecule has 1 saturated heterocycles. The van der Waals surface area contributed by atoms with Gasteiger partial charge in [0, 0.05) is 17.5 Å². The molecule has 128 valence electrons. The van der Waals surface area contributed by atoms with Crippen molar-refractivity contribution in [3.8, 4) is 0 Å². The van der Waals surface area contributed by atoms with Gasteiger partial charge >= 0.3 is 0 Å². The highest BCUT2D eigenvalue weighted by Crippen LogP contribution is 2.35. The second-order valence-electron chi connectivity index (χ2n) is 6.99. The Kier molecular flexibility index (Phi) is 4.44. The number of likely N-dealkylation sites (tertiary alicyclic amines) is 1.